The molecule has 0 unspecified atom stereocenters. The van der Waals surface area contributed by atoms with E-state index in [0.29, 0.717) is 6.42 Å². The number of rotatable bonds is 4. The third kappa shape index (κ3) is 3.21. The van der Waals surface area contributed by atoms with Gasteiger partial charge in [-0.2, -0.15) is 0 Å². The van der Waals surface area contributed by atoms with E-state index in [1.807, 2.05) is 18.2 Å². The van der Waals surface area contributed by atoms with Gasteiger partial charge in [0.2, 0.25) is 0 Å². The zero-order chi connectivity index (χ0) is 15.5. The Balaban J connectivity index is 1.94. The maximum Gasteiger partial charge on any atom is 0.123 e. The first kappa shape index (κ1) is 15.2. The van der Waals surface area contributed by atoms with Gasteiger partial charge in [0.25, 0.3) is 0 Å². The van der Waals surface area contributed by atoms with Crippen LogP contribution in [-0.2, 0) is 12.8 Å². The summed E-state index contributed by atoms with van der Waals surface area (Å²) >= 11 is 0. The molecule has 3 heteroatoms. The summed E-state index contributed by atoms with van der Waals surface area (Å²) < 4.78 is 13.6. The maximum atomic E-state index is 13.6. The van der Waals surface area contributed by atoms with Gasteiger partial charge in [0, 0.05) is 0 Å². The first-order valence-corrected chi connectivity index (χ1v) is 7.81. The number of aliphatic hydroxyl groups excluding tert-OH is 2. The quantitative estimate of drug-likeness (QED) is 0.910. The molecule has 3 rings (SSSR count). The Bertz CT molecular complexity index is 654. The second-order valence-electron chi connectivity index (χ2n) is 6.10. The summed E-state index contributed by atoms with van der Waals surface area (Å²) in [7, 11) is 0. The van der Waals surface area contributed by atoms with Crippen LogP contribution in [0.3, 0.4) is 0 Å². The van der Waals surface area contributed by atoms with E-state index in [4.69, 9.17) is 5.11 Å². The molecule has 0 bridgehead atoms. The predicted octanol–water partition coefficient (Wildman–Crippen LogP) is 3.19. The molecule has 0 radical (unpaired) electrons. The van der Waals surface area contributed by atoms with E-state index in [0.717, 1.165) is 24.8 Å². The molecule has 0 heterocycles. The monoisotopic (exact) mass is 300 g/mol. The lowest BCUT2D eigenvalue weighted by Crippen LogP contribution is -2.14. The topological polar surface area (TPSA) is 40.5 Å². The molecule has 0 saturated carbocycles. The first-order chi connectivity index (χ1) is 10.7. The van der Waals surface area contributed by atoms with Crippen LogP contribution in [0.15, 0.2) is 42.5 Å². The van der Waals surface area contributed by atoms with Crippen LogP contribution < -0.4 is 0 Å². The molecular formula is C19H21FO2. The van der Waals surface area contributed by atoms with Gasteiger partial charge in [-0.05, 0) is 66.0 Å². The van der Waals surface area contributed by atoms with Gasteiger partial charge in [0.15, 0.2) is 0 Å². The average molecular weight is 300 g/mol. The van der Waals surface area contributed by atoms with Crippen molar-refractivity contribution in [3.63, 3.8) is 0 Å². The van der Waals surface area contributed by atoms with Crippen LogP contribution in [0, 0.1) is 5.82 Å². The lowest BCUT2D eigenvalue weighted by atomic mass is 9.87. The molecule has 0 saturated heterocycles. The smallest absolute Gasteiger partial charge is 0.123 e. The number of aliphatic hydroxyl groups is 2. The van der Waals surface area contributed by atoms with Crippen molar-refractivity contribution < 1.29 is 14.6 Å². The zero-order valence-electron chi connectivity index (χ0n) is 12.5. The van der Waals surface area contributed by atoms with Gasteiger partial charge in [-0.15, -0.1) is 0 Å². The molecule has 1 aliphatic rings. The number of halogens is 1. The van der Waals surface area contributed by atoms with Gasteiger partial charge in [-0.25, -0.2) is 4.39 Å². The minimum atomic E-state index is -0.678. The van der Waals surface area contributed by atoms with Gasteiger partial charge in [-0.3, -0.25) is 0 Å². The van der Waals surface area contributed by atoms with Crippen molar-refractivity contribution in [2.24, 2.45) is 0 Å². The van der Waals surface area contributed by atoms with Crippen LogP contribution in [0.2, 0.25) is 0 Å². The standard InChI is InChI=1S/C19H21FO2/c20-17-7-5-13-9-14-3-1-2-4-19(14)15(10-16(13)11-17)6-8-18(22)12-21/h1-5,7,11,15,18,21-22H,6,8-10,12H2/t15-,18+/m0/s1. The van der Waals surface area contributed by atoms with Crippen LogP contribution in [0.25, 0.3) is 0 Å². The van der Waals surface area contributed by atoms with Crippen LogP contribution >= 0.6 is 0 Å². The van der Waals surface area contributed by atoms with Crippen molar-refractivity contribution in [1.82, 2.24) is 0 Å². The fraction of sp³-hybridized carbons (Fsp3) is 0.368. The third-order valence-electron chi connectivity index (χ3n) is 4.57. The van der Waals surface area contributed by atoms with Crippen LogP contribution in [0.1, 0.15) is 41.0 Å². The Morgan fingerprint density at radius 1 is 1.09 bits per heavy atom. The van der Waals surface area contributed by atoms with E-state index in [2.05, 4.69) is 12.1 Å². The molecule has 1 aliphatic carbocycles. The summed E-state index contributed by atoms with van der Waals surface area (Å²) in [6, 6.07) is 13.4. The molecular weight excluding hydrogens is 279 g/mol. The second kappa shape index (κ2) is 6.59. The lowest BCUT2D eigenvalue weighted by Gasteiger charge is -2.19. The molecule has 2 aromatic carbocycles. The van der Waals surface area contributed by atoms with E-state index in [1.54, 1.807) is 6.07 Å². The SMILES string of the molecule is OC[C@H](O)CC[C@H]1Cc2cc(F)ccc2Cc2ccccc21. The average Bonchev–Trinajstić information content (AvgIpc) is 2.68. The molecule has 0 spiro atoms. The van der Waals surface area contributed by atoms with Crippen molar-refractivity contribution in [3.05, 3.63) is 70.5 Å². The van der Waals surface area contributed by atoms with E-state index >= 15 is 0 Å². The molecule has 2 nitrogen and oxygen atoms in total. The van der Waals surface area contributed by atoms with E-state index in [9.17, 15) is 9.50 Å². The fourth-order valence-corrected chi connectivity index (χ4v) is 3.37. The van der Waals surface area contributed by atoms with Crippen molar-refractivity contribution in [3.8, 4) is 0 Å². The fourth-order valence-electron chi connectivity index (χ4n) is 3.37. The normalized spacial score (nSPS) is 18.2. The molecule has 0 amide bonds. The molecule has 0 aromatic heterocycles. The summed E-state index contributed by atoms with van der Waals surface area (Å²) in [6.45, 7) is -0.209. The number of hydrogen-bond donors (Lipinski definition) is 2. The summed E-state index contributed by atoms with van der Waals surface area (Å²) in [6.07, 6.45) is 2.27. The van der Waals surface area contributed by atoms with Crippen molar-refractivity contribution in [1.29, 1.82) is 0 Å². The van der Waals surface area contributed by atoms with E-state index < -0.39 is 6.10 Å². The third-order valence-corrected chi connectivity index (χ3v) is 4.57. The largest absolute Gasteiger partial charge is 0.394 e. The second-order valence-corrected chi connectivity index (χ2v) is 6.10. The molecule has 2 atom stereocenters. The lowest BCUT2D eigenvalue weighted by molar-refractivity contribution is 0.0849. The minimum Gasteiger partial charge on any atom is -0.394 e. The van der Waals surface area contributed by atoms with Gasteiger partial charge in [-0.1, -0.05) is 30.3 Å². The summed E-state index contributed by atoms with van der Waals surface area (Å²) in [4.78, 5) is 0. The Kier molecular flexibility index (Phi) is 4.55. The number of hydrogen-bond acceptors (Lipinski definition) is 2. The molecule has 0 aliphatic heterocycles. The molecule has 2 N–H and O–H groups in total. The predicted molar refractivity (Wildman–Crippen MR) is 84.4 cm³/mol. The van der Waals surface area contributed by atoms with Crippen molar-refractivity contribution in [2.75, 3.05) is 6.61 Å². The van der Waals surface area contributed by atoms with E-state index in [-0.39, 0.29) is 18.3 Å². The van der Waals surface area contributed by atoms with Crippen LogP contribution in [-0.4, -0.2) is 22.9 Å². The molecule has 116 valence electrons. The Labute approximate surface area is 130 Å². The van der Waals surface area contributed by atoms with Crippen LogP contribution in [0.5, 0.6) is 0 Å². The first-order valence-electron chi connectivity index (χ1n) is 7.81. The zero-order valence-corrected chi connectivity index (χ0v) is 12.5. The van der Waals surface area contributed by atoms with E-state index in [1.165, 1.54) is 22.8 Å². The van der Waals surface area contributed by atoms with Crippen molar-refractivity contribution >= 4 is 0 Å². The van der Waals surface area contributed by atoms with Gasteiger partial charge in [0.05, 0.1) is 12.7 Å². The summed E-state index contributed by atoms with van der Waals surface area (Å²) in [5.74, 6) is 0.0549. The highest BCUT2D eigenvalue weighted by Gasteiger charge is 2.22. The molecule has 2 aromatic rings. The van der Waals surface area contributed by atoms with Crippen LogP contribution in [0.4, 0.5) is 4.39 Å². The van der Waals surface area contributed by atoms with Crippen molar-refractivity contribution in [2.45, 2.75) is 37.7 Å². The van der Waals surface area contributed by atoms with Gasteiger partial charge < -0.3 is 10.2 Å². The highest BCUT2D eigenvalue weighted by atomic mass is 19.1. The highest BCUT2D eigenvalue weighted by molar-refractivity contribution is 5.42. The minimum absolute atomic E-state index is 0.196. The molecule has 22 heavy (non-hydrogen) atoms. The maximum absolute atomic E-state index is 13.6. The van der Waals surface area contributed by atoms with Gasteiger partial charge in [0.1, 0.15) is 5.82 Å². The summed E-state index contributed by atoms with van der Waals surface area (Å²) in [5, 5.41) is 18.6. The Hall–Kier alpha value is -1.71. The molecule has 0 fully saturated rings. The summed E-state index contributed by atoms with van der Waals surface area (Å²) in [5.41, 5.74) is 4.79. The number of fused-ring (bicyclic) bond motifs is 2. The Morgan fingerprint density at radius 3 is 2.73 bits per heavy atom. The highest BCUT2D eigenvalue weighted by Crippen LogP contribution is 2.35. The number of benzene rings is 2. The Morgan fingerprint density at radius 2 is 1.91 bits per heavy atom. The van der Waals surface area contributed by atoms with Gasteiger partial charge >= 0.3 is 0 Å².